The van der Waals surface area contributed by atoms with Crippen LogP contribution in [0.25, 0.3) is 10.9 Å². The first-order valence-electron chi connectivity index (χ1n) is 38.1. The fourth-order valence-electron chi connectivity index (χ4n) is 13.7. The van der Waals surface area contributed by atoms with Crippen LogP contribution in [0.3, 0.4) is 0 Å². The molecule has 3 aliphatic rings. The Morgan fingerprint density at radius 1 is 0.750 bits per heavy atom. The van der Waals surface area contributed by atoms with Crippen molar-refractivity contribution < 1.29 is 99.5 Å². The number of ether oxygens (including phenoxy) is 1. The molecule has 39 nitrogen and oxygen atoms in total. The van der Waals surface area contributed by atoms with Gasteiger partial charge in [0.25, 0.3) is 10.1 Å². The van der Waals surface area contributed by atoms with Gasteiger partial charge in [0.2, 0.25) is 83.2 Å². The number of amides is 14. The number of primary amides is 1. The molecule has 14 atom stereocenters. The number of benzene rings is 2. The molecule has 0 bridgehead atoms. The molecule has 6 rings (SSSR count). The second-order valence-corrected chi connectivity index (χ2v) is 33.7. The van der Waals surface area contributed by atoms with E-state index in [2.05, 4.69) is 79.1 Å². The first-order valence-corrected chi connectivity index (χ1v) is 40.5. The van der Waals surface area contributed by atoms with E-state index in [1.165, 1.54) is 11.8 Å². The van der Waals surface area contributed by atoms with E-state index in [0.717, 1.165) is 23.3 Å². The van der Waals surface area contributed by atoms with Crippen molar-refractivity contribution in [3.05, 3.63) is 70.3 Å². The normalized spacial score (nSPS) is 21.0. The van der Waals surface area contributed by atoms with E-state index < -0.39 is 238 Å². The van der Waals surface area contributed by atoms with Gasteiger partial charge >= 0.3 is 11.9 Å². The van der Waals surface area contributed by atoms with Gasteiger partial charge < -0.3 is 99.9 Å². The predicted octanol–water partition coefficient (Wildman–Crippen LogP) is -2.21. The van der Waals surface area contributed by atoms with Crippen LogP contribution in [0.15, 0.2) is 64.2 Å². The number of nitrogens with one attached hydrogen (secondary N) is 11. The largest absolute Gasteiger partial charge is 0.481 e. The number of carboxylic acid groups (broad SMARTS) is 1. The molecular weight excluding hydrogens is 1600 g/mol. The van der Waals surface area contributed by atoms with Crippen LogP contribution in [0, 0.1) is 16.7 Å². The summed E-state index contributed by atoms with van der Waals surface area (Å²) in [7, 11) is -4.40. The first-order chi connectivity index (χ1) is 54.3. The minimum atomic E-state index is -5.41. The van der Waals surface area contributed by atoms with Crippen LogP contribution >= 0.6 is 15.9 Å². The van der Waals surface area contributed by atoms with E-state index in [1.54, 1.807) is 110 Å². The predicted molar refractivity (Wildman–Crippen MR) is 423 cm³/mol. The number of esters is 1. The van der Waals surface area contributed by atoms with Crippen molar-refractivity contribution in [1.29, 1.82) is 0 Å². The maximum absolute atomic E-state index is 15.4. The van der Waals surface area contributed by atoms with Crippen molar-refractivity contribution in [1.82, 2.24) is 72.9 Å². The molecule has 1 aromatic heterocycles. The molecule has 0 spiro atoms. The number of likely N-dealkylation sites (tertiary alicyclic amines) is 1. The van der Waals surface area contributed by atoms with Gasteiger partial charge in [0.1, 0.15) is 90.4 Å². The number of aliphatic carboxylic acids is 1. The SMILES string of the molecule is CCC(C)(C)[C@H](NC(=O)[C@H](NC(=O)[C@@H]1CCCN1C(=O)[C@H](Cc1ccc(Br)cc1)NC(=O)[C@@H](C)NC=O)C(C)(C)C)C(=O)N[C@H](Cc1c[nH]c2ccccc12)C(=O)N[C@@H](CCCN=C(N)N)C(=O)N[C@H](CS(=O)(=O)O)C(=O)N[C@@H]1C(=O)N(C)[C@@H](CCC(N)=O)C(=O)N[C@H](C(C)C)C(=O)N2CCC[C@H]2C(=O)N[C@H](CC(=O)O)C(=O)O[C@@H]1C. The lowest BCUT2D eigenvalue weighted by Gasteiger charge is -2.38. The summed E-state index contributed by atoms with van der Waals surface area (Å²) >= 11 is 3.40. The van der Waals surface area contributed by atoms with E-state index in [9.17, 15) is 70.8 Å². The smallest absolute Gasteiger partial charge is 0.329 e. The lowest BCUT2D eigenvalue weighted by atomic mass is 9.80. The third kappa shape index (κ3) is 26.3. The summed E-state index contributed by atoms with van der Waals surface area (Å²) < 4.78 is 42.9. The number of H-pyrrole nitrogens is 1. The molecule has 2 aromatic carbocycles. The molecule has 4 heterocycles. The number of aliphatic imine (C=N–C) groups is 1. The second kappa shape index (κ2) is 41.6. The summed E-state index contributed by atoms with van der Waals surface area (Å²) in [5.41, 5.74) is 16.2. The number of halogens is 1. The number of carbonyl (C=O) groups is 16. The number of carboxylic acids is 1. The molecule has 41 heteroatoms. The molecule has 0 unspecified atom stereocenters. The number of rotatable bonds is 35. The number of cyclic esters (lactones) is 1. The number of aromatic amines is 1. The number of hydrogen-bond donors (Lipinski definition) is 16. The Labute approximate surface area is 679 Å². The van der Waals surface area contributed by atoms with Crippen LogP contribution in [0.1, 0.15) is 145 Å². The zero-order chi connectivity index (χ0) is 86.6. The topological polar surface area (TPSA) is 593 Å². The van der Waals surface area contributed by atoms with Crippen molar-refractivity contribution >= 4 is 138 Å². The van der Waals surface area contributed by atoms with Gasteiger partial charge in [-0.3, -0.25) is 81.5 Å². The van der Waals surface area contributed by atoms with E-state index in [4.69, 9.17) is 21.9 Å². The zero-order valence-electron chi connectivity index (χ0n) is 66.7. The van der Waals surface area contributed by atoms with Gasteiger partial charge in [-0.05, 0) is 111 Å². The van der Waals surface area contributed by atoms with Crippen molar-refractivity contribution in [2.45, 2.75) is 231 Å². The molecule has 3 aliphatic heterocycles. The number of likely N-dealkylation sites (N-methyl/N-ethyl adjacent to an activating group) is 1. The molecule has 638 valence electrons. The summed E-state index contributed by atoms with van der Waals surface area (Å²) in [5.74, 6) is -19.2. The van der Waals surface area contributed by atoms with Crippen LogP contribution in [0.5, 0.6) is 0 Å². The third-order valence-electron chi connectivity index (χ3n) is 20.7. The average molecular weight is 1710 g/mol. The quantitative estimate of drug-likeness (QED) is 0.00741. The van der Waals surface area contributed by atoms with Gasteiger partial charge in [-0.25, -0.2) is 4.79 Å². The van der Waals surface area contributed by atoms with Crippen LogP contribution in [0.4, 0.5) is 0 Å². The molecule has 0 saturated carbocycles. The highest BCUT2D eigenvalue weighted by atomic mass is 79.9. The second-order valence-electron chi connectivity index (χ2n) is 31.3. The number of aromatic nitrogens is 1. The van der Waals surface area contributed by atoms with Gasteiger partial charge in [0, 0.05) is 67.5 Å². The summed E-state index contributed by atoms with van der Waals surface area (Å²) in [5, 5.41) is 35.9. The van der Waals surface area contributed by atoms with Gasteiger partial charge in [-0.1, -0.05) is 102 Å². The maximum Gasteiger partial charge on any atom is 0.329 e. The molecule has 3 saturated heterocycles. The molecule has 14 amide bonds. The van der Waals surface area contributed by atoms with Crippen molar-refractivity contribution in [3.8, 4) is 0 Å². The number of fused-ring (bicyclic) bond motifs is 2. The Bertz CT molecular complexity index is 4280. The Morgan fingerprint density at radius 3 is 1.98 bits per heavy atom. The Hall–Kier alpha value is -10.8. The number of para-hydroxylation sites is 1. The number of nitrogens with zero attached hydrogens (tertiary/aromatic N) is 4. The van der Waals surface area contributed by atoms with Crippen molar-refractivity contribution in [3.63, 3.8) is 0 Å². The maximum atomic E-state index is 15.4. The van der Waals surface area contributed by atoms with Crippen molar-refractivity contribution in [2.75, 3.05) is 32.4 Å². The molecule has 0 radical (unpaired) electrons. The van der Waals surface area contributed by atoms with E-state index in [-0.39, 0.29) is 64.6 Å². The number of guanidine groups is 1. The minimum Gasteiger partial charge on any atom is -0.481 e. The summed E-state index contributed by atoms with van der Waals surface area (Å²) in [6, 6.07) is -7.48. The molecule has 0 aliphatic carbocycles. The first kappa shape index (κ1) is 94.0. The number of carbonyl (C=O) groups excluding carboxylic acids is 15. The Balaban J connectivity index is 1.35. The van der Waals surface area contributed by atoms with Crippen LogP contribution in [0.2, 0.25) is 0 Å². The van der Waals surface area contributed by atoms with Crippen LogP contribution in [-0.4, -0.2) is 256 Å². The molecule has 116 heavy (non-hydrogen) atoms. The standard InChI is InChI=1S/C75H109BrN18O21S/c1-12-75(9,10)59(91-67(106)58(74(6,7)8)90-66(105)53-22-16-30-93(53)69(108)48(85-60(99)39(4)82-37-95)32-41-23-25-43(76)26-24-41)68(107)84-47(33-42-35-81-45-19-14-13-18-44(42)45)62(101)83-46(20-15-29-80-73(78)79)61(100)87-50(36-116(112,113)114)63(102)89-57-40(5)115-72(111)49(34-55(97)98)86-65(104)52-21-17-31-94(52)71(110)56(38(2)3)88-64(103)51(27-28-54(77)96)92(11)70(57)109/h13-14,18-19,23-26,35,37-40,46-53,56-59,81H,12,15-17,20-22,27-34,36H2,1-11H3,(H2,77,96)(H,82,95)(H,83,101)(H,84,107)(H,85,99)(H,86,104)(H,87,100)(H,88,103)(H,89,102)(H,90,105)(H,91,106)(H,97,98)(H4,78,79,80)(H,112,113,114)/t39-,40-,46+,47-,48+,49-,50-,51+,52+,53+,56-,57+,58+,59-/m1/s1. The highest BCUT2D eigenvalue weighted by Gasteiger charge is 2.48. The number of nitrogens with two attached hydrogens (primary N) is 3. The van der Waals surface area contributed by atoms with E-state index in [0.29, 0.717) is 39.8 Å². The molecule has 3 fully saturated rings. The monoisotopic (exact) mass is 1710 g/mol. The van der Waals surface area contributed by atoms with E-state index in [1.807, 2.05) is 0 Å². The highest BCUT2D eigenvalue weighted by molar-refractivity contribution is 9.10. The Morgan fingerprint density at radius 2 is 1.37 bits per heavy atom. The van der Waals surface area contributed by atoms with Crippen LogP contribution in [-0.2, 0) is 104 Å². The minimum absolute atomic E-state index is 0.00792. The fraction of sp³-hybridized carbons (Fsp3) is 0.587. The van der Waals surface area contributed by atoms with E-state index >= 15 is 24.0 Å². The zero-order valence-corrected chi connectivity index (χ0v) is 69.1. The van der Waals surface area contributed by atoms with Gasteiger partial charge in [-0.2, -0.15) is 8.42 Å². The Kier molecular flexibility index (Phi) is 33.7. The van der Waals surface area contributed by atoms with Crippen LogP contribution < -0.4 is 70.4 Å². The van der Waals surface area contributed by atoms with Crippen molar-refractivity contribution in [2.24, 2.45) is 38.9 Å². The van der Waals surface area contributed by atoms with Gasteiger partial charge in [0.05, 0.1) is 6.42 Å². The molecule has 19 N–H and O–H groups in total. The average Bonchev–Trinajstić information content (AvgIpc) is 1.64. The van der Waals surface area contributed by atoms with Gasteiger partial charge in [-0.15, -0.1) is 0 Å². The fourth-order valence-corrected chi connectivity index (χ4v) is 14.6. The lowest BCUT2D eigenvalue weighted by Crippen LogP contribution is -2.64. The van der Waals surface area contributed by atoms with Gasteiger partial charge in [0.15, 0.2) is 5.96 Å². The summed E-state index contributed by atoms with van der Waals surface area (Å²) in [4.78, 5) is 237. The summed E-state index contributed by atoms with van der Waals surface area (Å²) in [6.07, 6.45) is -2.40. The molecular formula is C75H109BrN18O21S. The molecule has 3 aromatic rings. The number of hydrogen-bond acceptors (Lipinski definition) is 20. The third-order valence-corrected chi connectivity index (χ3v) is 21.9. The lowest BCUT2D eigenvalue weighted by molar-refractivity contribution is -0.161. The highest BCUT2D eigenvalue weighted by Crippen LogP contribution is 2.30. The summed E-state index contributed by atoms with van der Waals surface area (Å²) in [6.45, 7) is 15.4.